The van der Waals surface area contributed by atoms with E-state index in [1.165, 1.54) is 12.1 Å². The summed E-state index contributed by atoms with van der Waals surface area (Å²) in [5.74, 6) is -0.272. The van der Waals surface area contributed by atoms with Crippen LogP contribution in [0.25, 0.3) is 0 Å². The van der Waals surface area contributed by atoms with Crippen molar-refractivity contribution in [1.29, 1.82) is 0 Å². The van der Waals surface area contributed by atoms with E-state index in [0.717, 1.165) is 6.26 Å². The fraction of sp³-hybridized carbons (Fsp3) is 0.417. The highest BCUT2D eigenvalue weighted by Gasteiger charge is 2.22. The monoisotopic (exact) mass is 313 g/mol. The molecule has 0 saturated carbocycles. The fourth-order valence-corrected chi connectivity index (χ4v) is 2.55. The summed E-state index contributed by atoms with van der Waals surface area (Å²) in [6.07, 6.45) is 1.84. The molecule has 0 aromatic heterocycles. The molecule has 9 heteroatoms. The highest BCUT2D eigenvalue weighted by Crippen LogP contribution is 2.33. The number of rotatable bonds is 5. The molecule has 114 valence electrons. The first kappa shape index (κ1) is 15.2. The third kappa shape index (κ3) is 3.91. The van der Waals surface area contributed by atoms with Gasteiger partial charge >= 0.3 is 0 Å². The van der Waals surface area contributed by atoms with Crippen molar-refractivity contribution in [1.82, 2.24) is 0 Å². The first-order valence-corrected chi connectivity index (χ1v) is 8.35. The summed E-state index contributed by atoms with van der Waals surface area (Å²) < 4.78 is 22.2. The van der Waals surface area contributed by atoms with Crippen LogP contribution >= 0.6 is 0 Å². The molecule has 1 aliphatic rings. The largest absolute Gasteiger partial charge is 0.378 e. The zero-order chi connectivity index (χ0) is 15.6. The number of carbonyl (C=O) groups excluding carboxylic acids is 1. The number of amides is 1. The highest BCUT2D eigenvalue weighted by molar-refractivity contribution is 7.90. The molecule has 0 spiro atoms. The van der Waals surface area contributed by atoms with Gasteiger partial charge in [-0.1, -0.05) is 0 Å². The molecule has 1 heterocycles. The lowest BCUT2D eigenvalue weighted by molar-refractivity contribution is -0.384. The van der Waals surface area contributed by atoms with Gasteiger partial charge in [-0.15, -0.1) is 0 Å². The van der Waals surface area contributed by atoms with Crippen LogP contribution in [0.2, 0.25) is 0 Å². The van der Waals surface area contributed by atoms with Gasteiger partial charge in [0.05, 0.1) is 10.7 Å². The Morgan fingerprint density at radius 1 is 1.38 bits per heavy atom. The number of nitrogens with zero attached hydrogens (tertiary/aromatic N) is 1. The van der Waals surface area contributed by atoms with Gasteiger partial charge in [0, 0.05) is 31.0 Å². The van der Waals surface area contributed by atoms with E-state index in [0.29, 0.717) is 24.1 Å². The van der Waals surface area contributed by atoms with Gasteiger partial charge in [-0.3, -0.25) is 14.9 Å². The molecule has 1 amide bonds. The minimum absolute atomic E-state index is 0.0619. The number of nitrogens with one attached hydrogen (secondary N) is 2. The number of aryl methyl sites for hydroxylation is 1. The lowest BCUT2D eigenvalue weighted by Crippen LogP contribution is -2.20. The third-order valence-electron chi connectivity index (χ3n) is 3.10. The van der Waals surface area contributed by atoms with Gasteiger partial charge in [-0.05, 0) is 18.1 Å². The Labute approximate surface area is 121 Å². The Morgan fingerprint density at radius 3 is 2.71 bits per heavy atom. The molecule has 8 nitrogen and oxygen atoms in total. The highest BCUT2D eigenvalue weighted by atomic mass is 32.2. The minimum Gasteiger partial charge on any atom is -0.378 e. The number of hydrogen-bond donors (Lipinski definition) is 2. The molecule has 2 N–H and O–H groups in total. The van der Waals surface area contributed by atoms with Crippen molar-refractivity contribution in [3.05, 3.63) is 27.8 Å². The van der Waals surface area contributed by atoms with E-state index in [1.807, 2.05) is 0 Å². The molecule has 1 aliphatic heterocycles. The maximum Gasteiger partial charge on any atom is 0.292 e. The van der Waals surface area contributed by atoms with Gasteiger partial charge in [0.1, 0.15) is 15.5 Å². The van der Waals surface area contributed by atoms with Crippen LogP contribution < -0.4 is 10.6 Å². The van der Waals surface area contributed by atoms with E-state index in [2.05, 4.69) is 10.6 Å². The van der Waals surface area contributed by atoms with E-state index in [4.69, 9.17) is 0 Å². The van der Waals surface area contributed by atoms with E-state index in [-0.39, 0.29) is 29.6 Å². The summed E-state index contributed by atoms with van der Waals surface area (Å²) in [5.41, 5.74) is 1.30. The van der Waals surface area contributed by atoms with E-state index < -0.39 is 14.8 Å². The second kappa shape index (κ2) is 5.68. The van der Waals surface area contributed by atoms with E-state index >= 15 is 0 Å². The Bertz CT molecular complexity index is 699. The minimum atomic E-state index is -3.16. The summed E-state index contributed by atoms with van der Waals surface area (Å²) in [6, 6.07) is 2.89. The number of nitro groups is 1. The van der Waals surface area contributed by atoms with Gasteiger partial charge in [0.15, 0.2) is 0 Å². The van der Waals surface area contributed by atoms with Crippen molar-refractivity contribution < 1.29 is 18.1 Å². The number of carbonyl (C=O) groups is 1. The van der Waals surface area contributed by atoms with Crippen molar-refractivity contribution in [2.24, 2.45) is 0 Å². The van der Waals surface area contributed by atoms with Gasteiger partial charge in [-0.25, -0.2) is 8.42 Å². The van der Waals surface area contributed by atoms with Gasteiger partial charge in [0.2, 0.25) is 5.91 Å². The standard InChI is InChI=1S/C12H15N3O5S/c1-21(19,20)5-4-13-10-7-9-8(2-3-12(16)14-9)6-11(10)15(17)18/h6-7,13H,2-5H2,1H3,(H,14,16). The molecule has 0 aliphatic carbocycles. The molecule has 0 fully saturated rings. The first-order chi connectivity index (χ1) is 9.76. The average Bonchev–Trinajstić information content (AvgIpc) is 2.36. The number of sulfone groups is 1. The molecule has 0 radical (unpaired) electrons. The van der Waals surface area contributed by atoms with Gasteiger partial charge < -0.3 is 10.6 Å². The number of anilines is 2. The third-order valence-corrected chi connectivity index (χ3v) is 4.05. The summed E-state index contributed by atoms with van der Waals surface area (Å²) in [5, 5.41) is 16.5. The Kier molecular flexibility index (Phi) is 4.12. The van der Waals surface area contributed by atoms with Crippen molar-refractivity contribution in [2.45, 2.75) is 12.8 Å². The van der Waals surface area contributed by atoms with Crippen LogP contribution in [0.15, 0.2) is 12.1 Å². The predicted molar refractivity (Wildman–Crippen MR) is 78.2 cm³/mol. The number of hydrogen-bond acceptors (Lipinski definition) is 6. The quantitative estimate of drug-likeness (QED) is 0.617. The molecule has 0 saturated heterocycles. The molecule has 2 rings (SSSR count). The number of nitro benzene ring substituents is 1. The summed E-state index contributed by atoms with van der Waals surface area (Å²) in [4.78, 5) is 21.9. The van der Waals surface area contributed by atoms with Crippen molar-refractivity contribution in [2.75, 3.05) is 29.2 Å². The van der Waals surface area contributed by atoms with Crippen LogP contribution in [0.3, 0.4) is 0 Å². The maximum atomic E-state index is 11.4. The molecule has 1 aromatic rings. The summed E-state index contributed by atoms with van der Waals surface area (Å²) in [7, 11) is -3.16. The lowest BCUT2D eigenvalue weighted by Gasteiger charge is -2.18. The zero-order valence-electron chi connectivity index (χ0n) is 11.4. The Hall–Kier alpha value is -2.16. The van der Waals surface area contributed by atoms with Crippen LogP contribution in [0.5, 0.6) is 0 Å². The second-order valence-electron chi connectivity index (χ2n) is 4.89. The Morgan fingerprint density at radius 2 is 2.10 bits per heavy atom. The van der Waals surface area contributed by atoms with E-state index in [9.17, 15) is 23.3 Å². The normalized spacial score (nSPS) is 14.2. The first-order valence-electron chi connectivity index (χ1n) is 6.29. The zero-order valence-corrected chi connectivity index (χ0v) is 12.2. The number of fused-ring (bicyclic) bond motifs is 1. The molecule has 0 bridgehead atoms. The maximum absolute atomic E-state index is 11.4. The predicted octanol–water partition coefficient (Wildman–Crippen LogP) is 0.936. The molecule has 0 atom stereocenters. The second-order valence-corrected chi connectivity index (χ2v) is 7.15. The van der Waals surface area contributed by atoms with Crippen LogP contribution in [-0.4, -0.2) is 37.8 Å². The van der Waals surface area contributed by atoms with Gasteiger partial charge in [-0.2, -0.15) is 0 Å². The van der Waals surface area contributed by atoms with E-state index in [1.54, 1.807) is 0 Å². The van der Waals surface area contributed by atoms with Gasteiger partial charge in [0.25, 0.3) is 5.69 Å². The smallest absolute Gasteiger partial charge is 0.292 e. The van der Waals surface area contributed by atoms with Crippen LogP contribution in [-0.2, 0) is 21.1 Å². The van der Waals surface area contributed by atoms with Crippen LogP contribution in [0.1, 0.15) is 12.0 Å². The number of benzene rings is 1. The van der Waals surface area contributed by atoms with Crippen LogP contribution in [0, 0.1) is 10.1 Å². The topological polar surface area (TPSA) is 118 Å². The van der Waals surface area contributed by atoms with Crippen molar-refractivity contribution >= 4 is 32.8 Å². The molecule has 1 aromatic carbocycles. The van der Waals surface area contributed by atoms with Crippen molar-refractivity contribution in [3.8, 4) is 0 Å². The molecule has 0 unspecified atom stereocenters. The SMILES string of the molecule is CS(=O)(=O)CCNc1cc2c(cc1[N+](=O)[O-])CCC(=O)N2. The fourth-order valence-electron chi connectivity index (χ4n) is 2.08. The Balaban J connectivity index is 2.28. The van der Waals surface area contributed by atoms with Crippen LogP contribution in [0.4, 0.5) is 17.1 Å². The lowest BCUT2D eigenvalue weighted by atomic mass is 10.0. The molecule has 21 heavy (non-hydrogen) atoms. The van der Waals surface area contributed by atoms with Crippen molar-refractivity contribution in [3.63, 3.8) is 0 Å². The summed E-state index contributed by atoms with van der Waals surface area (Å²) >= 11 is 0. The summed E-state index contributed by atoms with van der Waals surface area (Å²) in [6.45, 7) is 0.0619. The average molecular weight is 313 g/mol. The molecular formula is C12H15N3O5S. The molecular weight excluding hydrogens is 298 g/mol.